The number of hydrogen-bond donors (Lipinski definition) is 0. The van der Waals surface area contributed by atoms with E-state index in [2.05, 4.69) is 71.3 Å². The van der Waals surface area contributed by atoms with Gasteiger partial charge in [-0.05, 0) is 36.6 Å². The molecule has 3 nitrogen and oxygen atoms in total. The molecular weight excluding hydrogens is 392 g/mol. The number of halogens is 1. The molecule has 1 heterocycles. The molecule has 0 radical (unpaired) electrons. The van der Waals surface area contributed by atoms with E-state index in [9.17, 15) is 0 Å². The first kappa shape index (κ1) is 20.9. The second-order valence-electron chi connectivity index (χ2n) is 7.99. The number of ether oxygens (including phenoxy) is 1. The molecule has 4 rings (SSSR count). The van der Waals surface area contributed by atoms with E-state index in [0.29, 0.717) is 0 Å². The Labute approximate surface area is 184 Å². The summed E-state index contributed by atoms with van der Waals surface area (Å²) in [6.45, 7) is 5.95. The van der Waals surface area contributed by atoms with Crippen LogP contribution in [-0.2, 0) is 13.1 Å². The minimum Gasteiger partial charge on any atom is -0.496 e. The summed E-state index contributed by atoms with van der Waals surface area (Å²) in [6, 6.07) is 25.3. The maximum absolute atomic E-state index is 6.51. The molecule has 0 saturated carbocycles. The Morgan fingerprint density at radius 2 is 1.63 bits per heavy atom. The summed E-state index contributed by atoms with van der Waals surface area (Å²) in [5.41, 5.74) is 5.01. The van der Waals surface area contributed by atoms with Gasteiger partial charge in [-0.15, -0.1) is 0 Å². The lowest BCUT2D eigenvalue weighted by Crippen LogP contribution is -2.47. The summed E-state index contributed by atoms with van der Waals surface area (Å²) in [4.78, 5) is 5.09. The van der Waals surface area contributed by atoms with E-state index in [1.54, 1.807) is 7.11 Å². The van der Waals surface area contributed by atoms with E-state index in [0.717, 1.165) is 48.9 Å². The average Bonchev–Trinajstić information content (AvgIpc) is 2.76. The Morgan fingerprint density at radius 1 is 0.900 bits per heavy atom. The number of rotatable bonds is 6. The molecule has 4 heteroatoms. The first-order valence-corrected chi connectivity index (χ1v) is 10.9. The zero-order valence-electron chi connectivity index (χ0n) is 17.7. The number of methoxy groups -OCH3 is 1. The molecule has 1 saturated heterocycles. The van der Waals surface area contributed by atoms with Crippen molar-refractivity contribution in [3.05, 3.63) is 100 Å². The fraction of sp³-hybridized carbons (Fsp3) is 0.308. The molecule has 0 spiro atoms. The van der Waals surface area contributed by atoms with Gasteiger partial charge in [-0.2, -0.15) is 0 Å². The Kier molecular flexibility index (Phi) is 6.73. The lowest BCUT2D eigenvalue weighted by Gasteiger charge is -2.45. The molecule has 1 fully saturated rings. The third-order valence-corrected chi connectivity index (χ3v) is 6.17. The molecule has 0 aromatic heterocycles. The second kappa shape index (κ2) is 9.65. The van der Waals surface area contributed by atoms with Crippen molar-refractivity contribution < 1.29 is 4.74 Å². The Bertz CT molecular complexity index is 990. The Morgan fingerprint density at radius 3 is 2.40 bits per heavy atom. The number of nitrogens with zero attached hydrogens (tertiary/aromatic N) is 2. The quantitative estimate of drug-likeness (QED) is 0.481. The van der Waals surface area contributed by atoms with Crippen molar-refractivity contribution >= 4 is 11.6 Å². The molecule has 0 bridgehead atoms. The molecule has 3 aromatic carbocycles. The first-order chi connectivity index (χ1) is 14.7. The van der Waals surface area contributed by atoms with Gasteiger partial charge in [-0.1, -0.05) is 77.8 Å². The standard InChI is InChI=1S/C26H29ClN2O/c1-20-9-7-10-21(17-20)18-28-15-8-16-29(19-22-11-3-5-13-24(22)27)26(28)23-12-4-6-14-25(23)30-2/h3-7,9-14,17,26H,8,15-16,18-19H2,1-2H3. The highest BCUT2D eigenvalue weighted by Gasteiger charge is 2.32. The molecule has 0 N–H and O–H groups in total. The van der Waals surface area contributed by atoms with Gasteiger partial charge in [0.05, 0.1) is 13.3 Å². The summed E-state index contributed by atoms with van der Waals surface area (Å²) >= 11 is 6.51. The van der Waals surface area contributed by atoms with Gasteiger partial charge in [0.25, 0.3) is 0 Å². The topological polar surface area (TPSA) is 15.7 Å². The van der Waals surface area contributed by atoms with Crippen LogP contribution >= 0.6 is 11.6 Å². The van der Waals surface area contributed by atoms with Gasteiger partial charge in [-0.3, -0.25) is 9.80 Å². The average molecular weight is 421 g/mol. The Balaban J connectivity index is 1.70. The summed E-state index contributed by atoms with van der Waals surface area (Å²) in [5.74, 6) is 0.933. The van der Waals surface area contributed by atoms with Crippen molar-refractivity contribution in [2.24, 2.45) is 0 Å². The van der Waals surface area contributed by atoms with Crippen LogP contribution < -0.4 is 4.74 Å². The largest absolute Gasteiger partial charge is 0.496 e. The summed E-state index contributed by atoms with van der Waals surface area (Å²) in [6.07, 6.45) is 1.26. The van der Waals surface area contributed by atoms with Gasteiger partial charge >= 0.3 is 0 Å². The SMILES string of the molecule is COc1ccccc1C1N(Cc2cccc(C)c2)CCCN1Cc1ccccc1Cl. The molecule has 30 heavy (non-hydrogen) atoms. The van der Waals surface area contributed by atoms with Gasteiger partial charge in [0.2, 0.25) is 0 Å². The molecule has 1 atom stereocenters. The fourth-order valence-corrected chi connectivity index (χ4v) is 4.64. The number of benzene rings is 3. The minimum absolute atomic E-state index is 0.131. The monoisotopic (exact) mass is 420 g/mol. The lowest BCUT2D eigenvalue weighted by molar-refractivity contribution is -0.0103. The first-order valence-electron chi connectivity index (χ1n) is 10.6. The van der Waals surface area contributed by atoms with Crippen molar-refractivity contribution in [3.8, 4) is 5.75 Å². The zero-order chi connectivity index (χ0) is 20.9. The van der Waals surface area contributed by atoms with Crippen LogP contribution in [0, 0.1) is 6.92 Å². The van der Waals surface area contributed by atoms with Gasteiger partial charge in [0.15, 0.2) is 0 Å². The number of hydrogen-bond acceptors (Lipinski definition) is 3. The van der Waals surface area contributed by atoms with E-state index in [1.807, 2.05) is 18.2 Å². The molecule has 1 unspecified atom stereocenters. The third kappa shape index (κ3) is 4.70. The normalized spacial score (nSPS) is 17.8. The number of aryl methyl sites for hydroxylation is 1. The predicted molar refractivity (Wildman–Crippen MR) is 124 cm³/mol. The highest BCUT2D eigenvalue weighted by atomic mass is 35.5. The van der Waals surface area contributed by atoms with E-state index in [1.165, 1.54) is 16.7 Å². The van der Waals surface area contributed by atoms with Crippen molar-refractivity contribution in [3.63, 3.8) is 0 Å². The third-order valence-electron chi connectivity index (χ3n) is 5.80. The van der Waals surface area contributed by atoms with Gasteiger partial charge in [-0.25, -0.2) is 0 Å². The lowest BCUT2D eigenvalue weighted by atomic mass is 10.0. The van der Waals surface area contributed by atoms with Crippen LogP contribution in [0.3, 0.4) is 0 Å². The van der Waals surface area contributed by atoms with E-state index < -0.39 is 0 Å². The van der Waals surface area contributed by atoms with Crippen LogP contribution in [0.25, 0.3) is 0 Å². The molecular formula is C26H29ClN2O. The molecule has 156 valence electrons. The Hall–Kier alpha value is -2.33. The smallest absolute Gasteiger partial charge is 0.124 e. The van der Waals surface area contributed by atoms with Crippen LogP contribution in [-0.4, -0.2) is 30.0 Å². The van der Waals surface area contributed by atoms with Crippen LogP contribution in [0.5, 0.6) is 5.75 Å². The minimum atomic E-state index is 0.131. The summed E-state index contributed by atoms with van der Waals surface area (Å²) in [7, 11) is 1.75. The fourth-order valence-electron chi connectivity index (χ4n) is 4.45. The van der Waals surface area contributed by atoms with Crippen LogP contribution in [0.2, 0.25) is 5.02 Å². The highest BCUT2D eigenvalue weighted by Crippen LogP contribution is 2.37. The van der Waals surface area contributed by atoms with E-state index in [4.69, 9.17) is 16.3 Å². The van der Waals surface area contributed by atoms with Crippen molar-refractivity contribution in [1.82, 2.24) is 9.80 Å². The predicted octanol–water partition coefficient (Wildman–Crippen LogP) is 6.06. The van der Waals surface area contributed by atoms with E-state index >= 15 is 0 Å². The molecule has 0 aliphatic carbocycles. The van der Waals surface area contributed by atoms with Gasteiger partial charge in [0.1, 0.15) is 5.75 Å². The van der Waals surface area contributed by atoms with Crippen LogP contribution in [0.1, 0.15) is 34.8 Å². The highest BCUT2D eigenvalue weighted by molar-refractivity contribution is 6.31. The van der Waals surface area contributed by atoms with Crippen LogP contribution in [0.4, 0.5) is 0 Å². The maximum Gasteiger partial charge on any atom is 0.124 e. The van der Waals surface area contributed by atoms with Crippen molar-refractivity contribution in [2.45, 2.75) is 32.6 Å². The van der Waals surface area contributed by atoms with Gasteiger partial charge in [0, 0.05) is 36.8 Å². The second-order valence-corrected chi connectivity index (χ2v) is 8.40. The summed E-state index contributed by atoms with van der Waals surface area (Å²) in [5, 5.41) is 0.826. The van der Waals surface area contributed by atoms with Crippen molar-refractivity contribution in [1.29, 1.82) is 0 Å². The summed E-state index contributed by atoms with van der Waals surface area (Å²) < 4.78 is 5.76. The molecule has 0 amide bonds. The maximum atomic E-state index is 6.51. The zero-order valence-corrected chi connectivity index (χ0v) is 18.5. The van der Waals surface area contributed by atoms with E-state index in [-0.39, 0.29) is 6.17 Å². The van der Waals surface area contributed by atoms with Crippen molar-refractivity contribution in [2.75, 3.05) is 20.2 Å². The molecule has 1 aliphatic rings. The molecule has 3 aromatic rings. The number of para-hydroxylation sites is 1. The van der Waals surface area contributed by atoms with Gasteiger partial charge < -0.3 is 4.74 Å². The molecule has 1 aliphatic heterocycles. The van der Waals surface area contributed by atoms with Crippen LogP contribution in [0.15, 0.2) is 72.8 Å².